The number of methoxy groups -OCH3 is 1. The van der Waals surface area contributed by atoms with Crippen LogP contribution >= 0.6 is 0 Å². The van der Waals surface area contributed by atoms with Crippen LogP contribution in [-0.4, -0.2) is 53.1 Å². The second-order valence-corrected chi connectivity index (χ2v) is 5.02. The molecule has 2 fully saturated rings. The Morgan fingerprint density at radius 1 is 1.60 bits per heavy atom. The lowest BCUT2D eigenvalue weighted by Crippen LogP contribution is -2.55. The number of aromatic nitrogens is 1. The van der Waals surface area contributed by atoms with Gasteiger partial charge in [0.15, 0.2) is 5.72 Å². The minimum absolute atomic E-state index is 0.211. The van der Waals surface area contributed by atoms with Crippen LogP contribution in [0, 0.1) is 0 Å². The molecule has 1 aromatic rings. The highest BCUT2D eigenvalue weighted by Gasteiger charge is 2.59. The zero-order valence-corrected chi connectivity index (χ0v) is 10.8. The Balaban J connectivity index is 1.79. The second kappa shape index (κ2) is 4.50. The van der Waals surface area contributed by atoms with E-state index in [0.717, 1.165) is 0 Å². The molecule has 1 aromatic heterocycles. The average Bonchev–Trinajstić information content (AvgIpc) is 3.08. The van der Waals surface area contributed by atoms with Crippen molar-refractivity contribution in [2.75, 3.05) is 7.11 Å². The van der Waals surface area contributed by atoms with Crippen molar-refractivity contribution in [3.05, 3.63) is 24.0 Å². The summed E-state index contributed by atoms with van der Waals surface area (Å²) in [7, 11) is 1.46. The number of carbonyl (C=O) groups excluding carboxylic acids is 2. The molecule has 108 valence electrons. The summed E-state index contributed by atoms with van der Waals surface area (Å²) in [6.07, 6.45) is 1.04. The molecule has 1 saturated heterocycles. The minimum Gasteiger partial charge on any atom is -0.391 e. The van der Waals surface area contributed by atoms with Crippen LogP contribution in [0.3, 0.4) is 0 Å². The molecule has 2 aliphatic rings. The highest BCUT2D eigenvalue weighted by atomic mass is 16.5. The van der Waals surface area contributed by atoms with Crippen LogP contribution < -0.4 is 16.0 Å². The van der Waals surface area contributed by atoms with Gasteiger partial charge in [-0.25, -0.2) is 4.79 Å². The number of hydrogen-bond donors (Lipinski definition) is 5. The van der Waals surface area contributed by atoms with E-state index < -0.39 is 23.9 Å². The molecule has 0 radical (unpaired) electrons. The normalized spacial score (nSPS) is 35.3. The van der Waals surface area contributed by atoms with Gasteiger partial charge in [-0.15, -0.1) is 0 Å². The first-order valence-corrected chi connectivity index (χ1v) is 6.32. The van der Waals surface area contributed by atoms with Crippen molar-refractivity contribution < 1.29 is 19.4 Å². The Kier molecular flexibility index (Phi) is 2.91. The third-order valence-corrected chi connectivity index (χ3v) is 3.90. The monoisotopic (exact) mass is 280 g/mol. The number of H-pyrrole nitrogens is 1. The van der Waals surface area contributed by atoms with Crippen LogP contribution in [-0.2, 0) is 4.74 Å². The van der Waals surface area contributed by atoms with Gasteiger partial charge in [-0.3, -0.25) is 4.79 Å². The molecule has 2 heterocycles. The van der Waals surface area contributed by atoms with Crippen molar-refractivity contribution in [3.8, 4) is 0 Å². The molecule has 4 atom stereocenters. The molecule has 1 aliphatic heterocycles. The number of aliphatic hydroxyl groups is 1. The van der Waals surface area contributed by atoms with Gasteiger partial charge in [-0.1, -0.05) is 0 Å². The van der Waals surface area contributed by atoms with E-state index in [1.54, 1.807) is 18.3 Å². The fourth-order valence-corrected chi connectivity index (χ4v) is 2.92. The molecule has 8 heteroatoms. The average molecular weight is 280 g/mol. The zero-order chi connectivity index (χ0) is 14.3. The zero-order valence-electron chi connectivity index (χ0n) is 10.8. The number of aromatic amines is 1. The van der Waals surface area contributed by atoms with E-state index >= 15 is 0 Å². The van der Waals surface area contributed by atoms with Gasteiger partial charge in [-0.05, 0) is 12.1 Å². The summed E-state index contributed by atoms with van der Waals surface area (Å²) in [5, 5.41) is 18.2. The van der Waals surface area contributed by atoms with Gasteiger partial charge in [0.1, 0.15) is 11.7 Å². The predicted octanol–water partition coefficient (Wildman–Crippen LogP) is -1.10. The SMILES string of the molecule is CO[C@@]12C[C@@H](O)[C@@H](NC(=O)c3ccc[nH]3)[C@@H]1NC(=O)N2. The fourth-order valence-electron chi connectivity index (χ4n) is 2.92. The van der Waals surface area contributed by atoms with E-state index in [9.17, 15) is 14.7 Å². The van der Waals surface area contributed by atoms with Gasteiger partial charge in [-0.2, -0.15) is 0 Å². The van der Waals surface area contributed by atoms with Crippen LogP contribution in [0.1, 0.15) is 16.9 Å². The standard InChI is InChI=1S/C12H16N4O4/c1-20-12-5-7(17)8(9(12)15-11(19)16-12)14-10(18)6-3-2-4-13-6/h2-4,7-9,13,17H,5H2,1H3,(H,14,18)(H2,15,16,19)/t7-,8-,9+,12+/m1/s1. The molecule has 20 heavy (non-hydrogen) atoms. The molecule has 0 aromatic carbocycles. The molecule has 0 bridgehead atoms. The number of hydrogen-bond acceptors (Lipinski definition) is 4. The number of nitrogens with one attached hydrogen (secondary N) is 4. The fraction of sp³-hybridized carbons (Fsp3) is 0.500. The number of urea groups is 1. The molecule has 0 unspecified atom stereocenters. The second-order valence-electron chi connectivity index (χ2n) is 5.02. The van der Waals surface area contributed by atoms with Crippen molar-refractivity contribution in [2.45, 2.75) is 30.3 Å². The van der Waals surface area contributed by atoms with E-state index in [-0.39, 0.29) is 18.4 Å². The highest BCUT2D eigenvalue weighted by Crippen LogP contribution is 2.34. The molecular formula is C12H16N4O4. The first-order chi connectivity index (χ1) is 9.55. The number of fused-ring (bicyclic) bond motifs is 1. The summed E-state index contributed by atoms with van der Waals surface area (Å²) in [6.45, 7) is 0. The maximum Gasteiger partial charge on any atom is 0.317 e. The van der Waals surface area contributed by atoms with Crippen molar-refractivity contribution in [1.29, 1.82) is 0 Å². The third-order valence-electron chi connectivity index (χ3n) is 3.90. The maximum absolute atomic E-state index is 12.0. The molecule has 0 spiro atoms. The van der Waals surface area contributed by atoms with Gasteiger partial charge in [0, 0.05) is 19.7 Å². The largest absolute Gasteiger partial charge is 0.391 e. The number of ether oxygens (including phenoxy) is 1. The first kappa shape index (κ1) is 12.9. The van der Waals surface area contributed by atoms with Gasteiger partial charge in [0.25, 0.3) is 5.91 Å². The predicted molar refractivity (Wildman–Crippen MR) is 67.9 cm³/mol. The summed E-state index contributed by atoms with van der Waals surface area (Å²) in [5.41, 5.74) is -0.589. The number of aliphatic hydroxyl groups excluding tert-OH is 1. The lowest BCUT2D eigenvalue weighted by molar-refractivity contribution is -0.0302. The number of carbonyl (C=O) groups is 2. The van der Waals surface area contributed by atoms with Crippen LogP contribution in [0.15, 0.2) is 18.3 Å². The molecule has 3 rings (SSSR count). The van der Waals surface area contributed by atoms with E-state index in [2.05, 4.69) is 20.9 Å². The van der Waals surface area contributed by atoms with Crippen LogP contribution in [0.25, 0.3) is 0 Å². The summed E-state index contributed by atoms with van der Waals surface area (Å²) >= 11 is 0. The molecule has 5 N–H and O–H groups in total. The number of amides is 3. The van der Waals surface area contributed by atoms with E-state index in [1.165, 1.54) is 7.11 Å². The number of rotatable bonds is 3. The van der Waals surface area contributed by atoms with Crippen LogP contribution in [0.4, 0.5) is 4.79 Å². The molecule has 1 saturated carbocycles. The summed E-state index contributed by atoms with van der Waals surface area (Å²) in [4.78, 5) is 26.3. The summed E-state index contributed by atoms with van der Waals surface area (Å²) in [5.74, 6) is -0.341. The minimum atomic E-state index is -0.982. The Labute approximate surface area is 114 Å². The Morgan fingerprint density at radius 3 is 3.05 bits per heavy atom. The summed E-state index contributed by atoms with van der Waals surface area (Å²) < 4.78 is 5.35. The van der Waals surface area contributed by atoms with Crippen LogP contribution in [0.2, 0.25) is 0 Å². The van der Waals surface area contributed by atoms with Gasteiger partial charge in [0.2, 0.25) is 0 Å². The molecule has 1 aliphatic carbocycles. The quantitative estimate of drug-likeness (QED) is 0.483. The Hall–Kier alpha value is -2.06. The van der Waals surface area contributed by atoms with E-state index in [1.807, 2.05) is 0 Å². The Morgan fingerprint density at radius 2 is 2.40 bits per heavy atom. The topological polar surface area (TPSA) is 115 Å². The first-order valence-electron chi connectivity index (χ1n) is 6.32. The Bertz CT molecular complexity index is 532. The smallest absolute Gasteiger partial charge is 0.317 e. The van der Waals surface area contributed by atoms with E-state index in [0.29, 0.717) is 5.69 Å². The maximum atomic E-state index is 12.0. The molecule has 3 amide bonds. The summed E-state index contributed by atoms with van der Waals surface area (Å²) in [6, 6.07) is 1.82. The van der Waals surface area contributed by atoms with Crippen molar-refractivity contribution in [2.24, 2.45) is 0 Å². The third kappa shape index (κ3) is 1.84. The lowest BCUT2D eigenvalue weighted by Gasteiger charge is -2.27. The van der Waals surface area contributed by atoms with Gasteiger partial charge < -0.3 is 30.8 Å². The highest BCUT2D eigenvalue weighted by molar-refractivity contribution is 5.92. The van der Waals surface area contributed by atoms with Crippen molar-refractivity contribution in [3.63, 3.8) is 0 Å². The lowest BCUT2D eigenvalue weighted by atomic mass is 10.1. The van der Waals surface area contributed by atoms with Crippen molar-refractivity contribution in [1.82, 2.24) is 20.9 Å². The van der Waals surface area contributed by atoms with Crippen molar-refractivity contribution >= 4 is 11.9 Å². The van der Waals surface area contributed by atoms with E-state index in [4.69, 9.17) is 4.74 Å². The molecular weight excluding hydrogens is 264 g/mol. The van der Waals surface area contributed by atoms with Gasteiger partial charge in [0.05, 0.1) is 12.1 Å². The van der Waals surface area contributed by atoms with Crippen LogP contribution in [0.5, 0.6) is 0 Å². The van der Waals surface area contributed by atoms with Gasteiger partial charge >= 0.3 is 6.03 Å². The molecule has 8 nitrogen and oxygen atoms in total.